The number of amides is 1. The third-order valence-electron chi connectivity index (χ3n) is 4.56. The van der Waals surface area contributed by atoms with Crippen LogP contribution in [0.1, 0.15) is 31.4 Å². The molecule has 2 atom stereocenters. The molecule has 1 amide bonds. The zero-order valence-electron chi connectivity index (χ0n) is 14.4. The number of halogens is 1. The Balaban J connectivity index is 1.76. The first-order chi connectivity index (χ1) is 12.4. The maximum atomic E-state index is 13.4. The van der Waals surface area contributed by atoms with E-state index in [4.69, 9.17) is 0 Å². The lowest BCUT2D eigenvalue weighted by atomic mass is 10.1. The predicted octanol–water partition coefficient (Wildman–Crippen LogP) is 2.86. The van der Waals surface area contributed by atoms with Crippen LogP contribution in [-0.4, -0.2) is 31.2 Å². The molecule has 2 aromatic rings. The van der Waals surface area contributed by atoms with Crippen molar-refractivity contribution in [3.05, 3.63) is 66.0 Å². The van der Waals surface area contributed by atoms with Gasteiger partial charge in [-0.3, -0.25) is 4.79 Å². The van der Waals surface area contributed by atoms with Gasteiger partial charge in [0, 0.05) is 6.54 Å². The molecular formula is C19H21FN2O3S. The minimum Gasteiger partial charge on any atom is -0.348 e. The Labute approximate surface area is 152 Å². The van der Waals surface area contributed by atoms with E-state index >= 15 is 0 Å². The molecule has 1 saturated heterocycles. The lowest BCUT2D eigenvalue weighted by molar-refractivity contribution is -0.124. The van der Waals surface area contributed by atoms with Crippen molar-refractivity contribution in [1.82, 2.24) is 9.62 Å². The van der Waals surface area contributed by atoms with Gasteiger partial charge in [0.25, 0.3) is 0 Å². The van der Waals surface area contributed by atoms with Crippen LogP contribution < -0.4 is 5.32 Å². The van der Waals surface area contributed by atoms with E-state index < -0.39 is 22.1 Å². The lowest BCUT2D eigenvalue weighted by Crippen LogP contribution is -2.46. The monoisotopic (exact) mass is 376 g/mol. The van der Waals surface area contributed by atoms with Gasteiger partial charge in [-0.2, -0.15) is 4.31 Å². The molecule has 1 N–H and O–H groups in total. The maximum absolute atomic E-state index is 13.4. The van der Waals surface area contributed by atoms with E-state index in [0.29, 0.717) is 24.9 Å². The summed E-state index contributed by atoms with van der Waals surface area (Å²) in [5, 5.41) is 2.81. The summed E-state index contributed by atoms with van der Waals surface area (Å²) in [5.74, 6) is -0.739. The molecule has 5 nitrogen and oxygen atoms in total. The highest BCUT2D eigenvalue weighted by Gasteiger charge is 2.39. The highest BCUT2D eigenvalue weighted by atomic mass is 32.2. The number of carbonyl (C=O) groups is 1. The van der Waals surface area contributed by atoms with Crippen LogP contribution in [0.3, 0.4) is 0 Å². The number of nitrogens with one attached hydrogen (secondary N) is 1. The van der Waals surface area contributed by atoms with Crippen molar-refractivity contribution in [3.63, 3.8) is 0 Å². The van der Waals surface area contributed by atoms with Crippen LogP contribution in [0.4, 0.5) is 4.39 Å². The van der Waals surface area contributed by atoms with E-state index in [0.717, 1.165) is 0 Å². The zero-order chi connectivity index (χ0) is 18.7. The van der Waals surface area contributed by atoms with Crippen LogP contribution in [0.25, 0.3) is 0 Å². The number of carbonyl (C=O) groups excluding carboxylic acids is 1. The Kier molecular flexibility index (Phi) is 5.38. The molecule has 7 heteroatoms. The van der Waals surface area contributed by atoms with Crippen LogP contribution in [0.5, 0.6) is 0 Å². The minimum absolute atomic E-state index is 0.179. The molecule has 0 unspecified atom stereocenters. The molecule has 0 radical (unpaired) electrons. The summed E-state index contributed by atoms with van der Waals surface area (Å²) < 4.78 is 40.3. The molecular weight excluding hydrogens is 355 g/mol. The molecule has 0 saturated carbocycles. The summed E-state index contributed by atoms with van der Waals surface area (Å²) in [4.78, 5) is 12.9. The standard InChI is InChI=1S/C19H21FN2O3S/c1-14(15-7-5-8-16(20)13-15)21-19(23)18-11-6-12-22(18)26(24,25)17-9-3-2-4-10-17/h2-5,7-10,13-14,18H,6,11-12H2,1H3,(H,21,23)/t14-,18-/m0/s1. The quantitative estimate of drug-likeness (QED) is 0.873. The third-order valence-corrected chi connectivity index (χ3v) is 6.49. The van der Waals surface area contributed by atoms with Crippen molar-refractivity contribution in [1.29, 1.82) is 0 Å². The van der Waals surface area contributed by atoms with Gasteiger partial charge in [0.1, 0.15) is 11.9 Å². The molecule has 1 aliphatic rings. The topological polar surface area (TPSA) is 66.5 Å². The maximum Gasteiger partial charge on any atom is 0.243 e. The van der Waals surface area contributed by atoms with Crippen molar-refractivity contribution < 1.29 is 17.6 Å². The van der Waals surface area contributed by atoms with E-state index in [2.05, 4.69) is 5.32 Å². The average molecular weight is 376 g/mol. The normalized spacial score (nSPS) is 19.2. The molecule has 3 rings (SSSR count). The zero-order valence-corrected chi connectivity index (χ0v) is 15.2. The molecule has 2 aromatic carbocycles. The van der Waals surface area contributed by atoms with Crippen LogP contribution in [0.2, 0.25) is 0 Å². The molecule has 1 heterocycles. The van der Waals surface area contributed by atoms with E-state index in [-0.39, 0.29) is 16.6 Å². The fourth-order valence-electron chi connectivity index (χ4n) is 3.19. The van der Waals surface area contributed by atoms with Crippen molar-refractivity contribution in [2.75, 3.05) is 6.54 Å². The van der Waals surface area contributed by atoms with Crippen molar-refractivity contribution >= 4 is 15.9 Å². The van der Waals surface area contributed by atoms with Gasteiger partial charge in [-0.15, -0.1) is 0 Å². The number of sulfonamides is 1. The molecule has 26 heavy (non-hydrogen) atoms. The van der Waals surface area contributed by atoms with E-state index in [1.54, 1.807) is 37.3 Å². The second kappa shape index (κ2) is 7.55. The fraction of sp³-hybridized carbons (Fsp3) is 0.316. The van der Waals surface area contributed by atoms with Crippen LogP contribution >= 0.6 is 0 Å². The predicted molar refractivity (Wildman–Crippen MR) is 96.3 cm³/mol. The highest BCUT2D eigenvalue weighted by molar-refractivity contribution is 7.89. The Morgan fingerprint density at radius 1 is 1.19 bits per heavy atom. The second-order valence-corrected chi connectivity index (χ2v) is 8.26. The van der Waals surface area contributed by atoms with Crippen LogP contribution in [-0.2, 0) is 14.8 Å². The van der Waals surface area contributed by atoms with Crippen LogP contribution in [0, 0.1) is 5.82 Å². The summed E-state index contributed by atoms with van der Waals surface area (Å²) in [6, 6.07) is 12.9. The number of benzene rings is 2. The van der Waals surface area contributed by atoms with Gasteiger partial charge in [0.2, 0.25) is 15.9 Å². The van der Waals surface area contributed by atoms with E-state index in [1.807, 2.05) is 0 Å². The Bertz CT molecular complexity index is 887. The first-order valence-corrected chi connectivity index (χ1v) is 9.96. The number of hydrogen-bond acceptors (Lipinski definition) is 3. The van der Waals surface area contributed by atoms with Gasteiger partial charge < -0.3 is 5.32 Å². The first-order valence-electron chi connectivity index (χ1n) is 8.52. The largest absolute Gasteiger partial charge is 0.348 e. The van der Waals surface area contributed by atoms with Crippen molar-refractivity contribution in [2.45, 2.75) is 36.7 Å². The first kappa shape index (κ1) is 18.5. The Hall–Kier alpha value is -2.25. The van der Waals surface area contributed by atoms with Gasteiger partial charge in [-0.05, 0) is 49.6 Å². The van der Waals surface area contributed by atoms with Crippen molar-refractivity contribution in [2.24, 2.45) is 0 Å². The number of rotatable bonds is 5. The summed E-state index contributed by atoms with van der Waals surface area (Å²) in [5.41, 5.74) is 0.633. The van der Waals surface area contributed by atoms with Gasteiger partial charge in [-0.1, -0.05) is 30.3 Å². The van der Waals surface area contributed by atoms with Crippen molar-refractivity contribution in [3.8, 4) is 0 Å². The summed E-state index contributed by atoms with van der Waals surface area (Å²) in [7, 11) is -3.73. The van der Waals surface area contributed by atoms with Crippen LogP contribution in [0.15, 0.2) is 59.5 Å². The summed E-state index contributed by atoms with van der Waals surface area (Å²) >= 11 is 0. The van der Waals surface area contributed by atoms with Gasteiger partial charge in [0.05, 0.1) is 10.9 Å². The SMILES string of the molecule is C[C@H](NC(=O)[C@@H]1CCCN1S(=O)(=O)c1ccccc1)c1cccc(F)c1. The molecule has 1 fully saturated rings. The third kappa shape index (κ3) is 3.78. The van der Waals surface area contributed by atoms with Gasteiger partial charge >= 0.3 is 0 Å². The van der Waals surface area contributed by atoms with E-state index in [1.165, 1.54) is 28.6 Å². The molecule has 0 aromatic heterocycles. The second-order valence-electron chi connectivity index (χ2n) is 6.37. The average Bonchev–Trinajstić information content (AvgIpc) is 3.13. The molecule has 138 valence electrons. The number of hydrogen-bond donors (Lipinski definition) is 1. The fourth-order valence-corrected chi connectivity index (χ4v) is 4.86. The molecule has 1 aliphatic heterocycles. The van der Waals surface area contributed by atoms with E-state index in [9.17, 15) is 17.6 Å². The molecule has 0 aliphatic carbocycles. The minimum atomic E-state index is -3.73. The molecule has 0 spiro atoms. The Morgan fingerprint density at radius 3 is 2.62 bits per heavy atom. The van der Waals surface area contributed by atoms with Gasteiger partial charge in [0.15, 0.2) is 0 Å². The summed E-state index contributed by atoms with van der Waals surface area (Å²) in [6.07, 6.45) is 1.09. The summed E-state index contributed by atoms with van der Waals surface area (Å²) in [6.45, 7) is 2.06. The smallest absolute Gasteiger partial charge is 0.243 e. The molecule has 0 bridgehead atoms. The van der Waals surface area contributed by atoms with Gasteiger partial charge in [-0.25, -0.2) is 12.8 Å². The lowest BCUT2D eigenvalue weighted by Gasteiger charge is -2.25. The number of nitrogens with zero attached hydrogens (tertiary/aromatic N) is 1. The Morgan fingerprint density at radius 2 is 1.92 bits per heavy atom. The highest BCUT2D eigenvalue weighted by Crippen LogP contribution is 2.26.